The first kappa shape index (κ1) is 12.2. The van der Waals surface area contributed by atoms with Gasteiger partial charge < -0.3 is 5.32 Å². The van der Waals surface area contributed by atoms with Gasteiger partial charge in [-0.15, -0.1) is 0 Å². The van der Waals surface area contributed by atoms with Crippen molar-refractivity contribution in [2.45, 2.75) is 20.3 Å². The normalized spacial score (nSPS) is 20.3. The number of hydrogen-bond donors (Lipinski definition) is 3. The lowest BCUT2D eigenvalue weighted by Crippen LogP contribution is -2.14. The summed E-state index contributed by atoms with van der Waals surface area (Å²) in [6.45, 7) is 5.53. The largest absolute Gasteiger partial charge is 0.369 e. The number of benzene rings is 1. The SMILES string of the molecule is CC1(C)CC1CNc1nc(NN)nc2ccccc12. The summed E-state index contributed by atoms with van der Waals surface area (Å²) >= 11 is 0. The van der Waals surface area contributed by atoms with Gasteiger partial charge in [0.25, 0.3) is 0 Å². The summed E-state index contributed by atoms with van der Waals surface area (Å²) in [6.07, 6.45) is 1.27. The summed E-state index contributed by atoms with van der Waals surface area (Å²) in [5, 5.41) is 4.46. The number of fused-ring (bicyclic) bond motifs is 1. The van der Waals surface area contributed by atoms with Crippen molar-refractivity contribution in [2.75, 3.05) is 17.3 Å². The molecule has 2 aromatic rings. The van der Waals surface area contributed by atoms with Crippen molar-refractivity contribution < 1.29 is 0 Å². The van der Waals surface area contributed by atoms with Crippen molar-refractivity contribution in [1.29, 1.82) is 0 Å². The summed E-state index contributed by atoms with van der Waals surface area (Å²) in [6, 6.07) is 7.94. The van der Waals surface area contributed by atoms with E-state index in [1.54, 1.807) is 0 Å². The van der Waals surface area contributed by atoms with Crippen LogP contribution in [0.1, 0.15) is 20.3 Å². The number of rotatable bonds is 4. The number of aromatic nitrogens is 2. The fourth-order valence-corrected chi connectivity index (χ4v) is 2.42. The van der Waals surface area contributed by atoms with Crippen LogP contribution in [-0.4, -0.2) is 16.5 Å². The van der Waals surface area contributed by atoms with Gasteiger partial charge in [0.2, 0.25) is 5.95 Å². The molecule has 1 unspecified atom stereocenters. The first-order valence-corrected chi connectivity index (χ1v) is 6.57. The zero-order valence-electron chi connectivity index (χ0n) is 11.3. The summed E-state index contributed by atoms with van der Waals surface area (Å²) in [5.41, 5.74) is 3.87. The Kier molecular flexibility index (Phi) is 2.78. The van der Waals surface area contributed by atoms with Gasteiger partial charge >= 0.3 is 0 Å². The molecule has 0 bridgehead atoms. The van der Waals surface area contributed by atoms with Crippen LogP contribution in [0.25, 0.3) is 10.9 Å². The van der Waals surface area contributed by atoms with E-state index in [0.29, 0.717) is 11.4 Å². The van der Waals surface area contributed by atoms with Crippen LogP contribution < -0.4 is 16.6 Å². The summed E-state index contributed by atoms with van der Waals surface area (Å²) in [7, 11) is 0. The molecular formula is C14H19N5. The standard InChI is InChI=1S/C14H19N5/c1-14(2)7-9(14)8-16-12-10-5-3-4-6-11(10)17-13(18-12)19-15/h3-6,9H,7-8,15H2,1-2H3,(H2,16,17,18,19). The van der Waals surface area contributed by atoms with Crippen LogP contribution in [0, 0.1) is 11.3 Å². The Labute approximate surface area is 112 Å². The molecule has 100 valence electrons. The summed E-state index contributed by atoms with van der Waals surface area (Å²) in [4.78, 5) is 8.75. The average Bonchev–Trinajstić information content (AvgIpc) is 3.03. The molecule has 0 aliphatic heterocycles. The van der Waals surface area contributed by atoms with Crippen molar-refractivity contribution >= 4 is 22.7 Å². The molecule has 0 amide bonds. The lowest BCUT2D eigenvalue weighted by atomic mass is 10.1. The van der Waals surface area contributed by atoms with Crippen molar-refractivity contribution in [2.24, 2.45) is 17.2 Å². The molecule has 4 N–H and O–H groups in total. The van der Waals surface area contributed by atoms with Crippen LogP contribution in [0.5, 0.6) is 0 Å². The number of para-hydroxylation sites is 1. The summed E-state index contributed by atoms with van der Waals surface area (Å²) in [5.74, 6) is 7.43. The van der Waals surface area contributed by atoms with E-state index in [4.69, 9.17) is 5.84 Å². The van der Waals surface area contributed by atoms with E-state index in [-0.39, 0.29) is 0 Å². The highest BCUT2D eigenvalue weighted by Gasteiger charge is 2.45. The fourth-order valence-electron chi connectivity index (χ4n) is 2.42. The highest BCUT2D eigenvalue weighted by atomic mass is 15.3. The minimum absolute atomic E-state index is 0.441. The Morgan fingerprint density at radius 2 is 2.05 bits per heavy atom. The molecule has 1 aliphatic carbocycles. The molecule has 0 spiro atoms. The predicted octanol–water partition coefficient (Wildman–Crippen LogP) is 2.37. The van der Waals surface area contributed by atoms with Crippen molar-refractivity contribution in [3.05, 3.63) is 24.3 Å². The lowest BCUT2D eigenvalue weighted by molar-refractivity contribution is 0.573. The highest BCUT2D eigenvalue weighted by molar-refractivity contribution is 5.89. The molecule has 5 heteroatoms. The van der Waals surface area contributed by atoms with Crippen molar-refractivity contribution in [3.63, 3.8) is 0 Å². The quantitative estimate of drug-likeness (QED) is 0.579. The second-order valence-corrected chi connectivity index (χ2v) is 5.83. The third-order valence-electron chi connectivity index (χ3n) is 3.97. The molecule has 1 saturated carbocycles. The summed E-state index contributed by atoms with van der Waals surface area (Å²) < 4.78 is 0. The number of nitrogen functional groups attached to an aromatic ring is 1. The minimum atomic E-state index is 0.441. The number of hydrogen-bond acceptors (Lipinski definition) is 5. The van der Waals surface area contributed by atoms with Crippen LogP contribution in [0.2, 0.25) is 0 Å². The average molecular weight is 257 g/mol. The maximum absolute atomic E-state index is 5.42. The lowest BCUT2D eigenvalue weighted by Gasteiger charge is -2.11. The van der Waals surface area contributed by atoms with E-state index in [0.717, 1.165) is 29.2 Å². The molecule has 1 fully saturated rings. The van der Waals surface area contributed by atoms with Crippen LogP contribution in [0.3, 0.4) is 0 Å². The van der Waals surface area contributed by atoms with Gasteiger partial charge in [0.05, 0.1) is 5.52 Å². The second kappa shape index (κ2) is 4.35. The van der Waals surface area contributed by atoms with Gasteiger partial charge in [-0.2, -0.15) is 4.98 Å². The third kappa shape index (κ3) is 2.33. The maximum Gasteiger partial charge on any atom is 0.239 e. The monoisotopic (exact) mass is 257 g/mol. The molecular weight excluding hydrogens is 238 g/mol. The molecule has 19 heavy (non-hydrogen) atoms. The van der Waals surface area contributed by atoms with Gasteiger partial charge in [-0.05, 0) is 29.9 Å². The van der Waals surface area contributed by atoms with Gasteiger partial charge in [-0.3, -0.25) is 5.43 Å². The molecule has 0 radical (unpaired) electrons. The molecule has 3 rings (SSSR count). The Morgan fingerprint density at radius 1 is 1.32 bits per heavy atom. The van der Waals surface area contributed by atoms with Crippen LogP contribution >= 0.6 is 0 Å². The number of nitrogens with zero attached hydrogens (tertiary/aromatic N) is 2. The van der Waals surface area contributed by atoms with E-state index in [2.05, 4.69) is 34.6 Å². The number of nitrogens with two attached hydrogens (primary N) is 1. The van der Waals surface area contributed by atoms with Crippen LogP contribution in [0.4, 0.5) is 11.8 Å². The van der Waals surface area contributed by atoms with Gasteiger partial charge in [0.1, 0.15) is 5.82 Å². The fraction of sp³-hybridized carbons (Fsp3) is 0.429. The smallest absolute Gasteiger partial charge is 0.239 e. The second-order valence-electron chi connectivity index (χ2n) is 5.83. The van der Waals surface area contributed by atoms with Crippen molar-refractivity contribution in [3.8, 4) is 0 Å². The number of hydrazine groups is 1. The number of nitrogens with one attached hydrogen (secondary N) is 2. The molecule has 1 aliphatic rings. The minimum Gasteiger partial charge on any atom is -0.369 e. The Morgan fingerprint density at radius 3 is 2.74 bits per heavy atom. The molecule has 1 heterocycles. The topological polar surface area (TPSA) is 75.9 Å². The molecule has 1 atom stereocenters. The predicted molar refractivity (Wildman–Crippen MR) is 77.7 cm³/mol. The Hall–Kier alpha value is -1.88. The Bertz CT molecular complexity index is 608. The third-order valence-corrected chi connectivity index (χ3v) is 3.97. The van der Waals surface area contributed by atoms with Crippen LogP contribution in [0.15, 0.2) is 24.3 Å². The van der Waals surface area contributed by atoms with Gasteiger partial charge in [0.15, 0.2) is 0 Å². The van der Waals surface area contributed by atoms with E-state index in [1.807, 2.05) is 24.3 Å². The molecule has 1 aromatic carbocycles. The number of anilines is 2. The van der Waals surface area contributed by atoms with E-state index >= 15 is 0 Å². The van der Waals surface area contributed by atoms with E-state index < -0.39 is 0 Å². The molecule has 0 saturated heterocycles. The highest BCUT2D eigenvalue weighted by Crippen LogP contribution is 2.51. The maximum atomic E-state index is 5.42. The zero-order valence-corrected chi connectivity index (χ0v) is 11.3. The first-order valence-electron chi connectivity index (χ1n) is 6.57. The molecule has 1 aromatic heterocycles. The molecule has 5 nitrogen and oxygen atoms in total. The van der Waals surface area contributed by atoms with Crippen LogP contribution in [-0.2, 0) is 0 Å². The van der Waals surface area contributed by atoms with Gasteiger partial charge in [-0.1, -0.05) is 26.0 Å². The van der Waals surface area contributed by atoms with Gasteiger partial charge in [-0.25, -0.2) is 10.8 Å². The van der Waals surface area contributed by atoms with E-state index in [1.165, 1.54) is 6.42 Å². The first-order chi connectivity index (χ1) is 9.10. The van der Waals surface area contributed by atoms with E-state index in [9.17, 15) is 0 Å². The Balaban J connectivity index is 1.88. The van der Waals surface area contributed by atoms with Crippen molar-refractivity contribution in [1.82, 2.24) is 9.97 Å². The van der Waals surface area contributed by atoms with Gasteiger partial charge in [0, 0.05) is 11.9 Å². The zero-order chi connectivity index (χ0) is 13.5.